The summed E-state index contributed by atoms with van der Waals surface area (Å²) in [6.45, 7) is 8.08. The molecule has 0 N–H and O–H groups in total. The molecule has 1 atom stereocenters. The summed E-state index contributed by atoms with van der Waals surface area (Å²) < 4.78 is 5.94. The second-order valence-corrected chi connectivity index (χ2v) is 8.76. The number of carbonyl (C=O) groups excluding carboxylic acids is 1. The van der Waals surface area contributed by atoms with Crippen molar-refractivity contribution in [1.82, 2.24) is 0 Å². The zero-order valence-electron chi connectivity index (χ0n) is 18.4. The fraction of sp³-hybridized carbons (Fsp3) is 0.519. The third-order valence-electron chi connectivity index (χ3n) is 5.97. The first-order valence-corrected chi connectivity index (χ1v) is 11.4. The van der Waals surface area contributed by atoms with Crippen LogP contribution in [0.5, 0.6) is 0 Å². The molecule has 0 radical (unpaired) electrons. The van der Waals surface area contributed by atoms with E-state index in [2.05, 4.69) is 63.2 Å². The van der Waals surface area contributed by atoms with E-state index in [4.69, 9.17) is 4.74 Å². The number of ketones is 1. The molecule has 156 valence electrons. The molecule has 29 heavy (non-hydrogen) atoms. The Hall–Kier alpha value is -1.93. The lowest BCUT2D eigenvalue weighted by Crippen LogP contribution is -2.14. The molecule has 0 saturated carbocycles. The van der Waals surface area contributed by atoms with E-state index in [1.807, 2.05) is 0 Å². The van der Waals surface area contributed by atoms with Crippen molar-refractivity contribution in [3.05, 3.63) is 59.2 Å². The predicted molar refractivity (Wildman–Crippen MR) is 121 cm³/mol. The van der Waals surface area contributed by atoms with Gasteiger partial charge in [0.25, 0.3) is 0 Å². The standard InChI is InChI=1S/C27H36O2/c1-4-5-18-29-19-21-13-11-16-23-22-14-9-10-15-24(22)27(26(21)23)25(28)17-8-6-7-12-20(2)3/h9-11,13-16,20,27H,4-8,12,17-19H2,1-3H3. The van der Waals surface area contributed by atoms with Crippen LogP contribution in [0.25, 0.3) is 11.1 Å². The molecule has 0 saturated heterocycles. The highest BCUT2D eigenvalue weighted by Gasteiger charge is 2.34. The Morgan fingerprint density at radius 1 is 0.966 bits per heavy atom. The monoisotopic (exact) mass is 392 g/mol. The maximum Gasteiger partial charge on any atom is 0.144 e. The Morgan fingerprint density at radius 2 is 1.76 bits per heavy atom. The lowest BCUT2D eigenvalue weighted by molar-refractivity contribution is -0.119. The van der Waals surface area contributed by atoms with Crippen molar-refractivity contribution in [2.45, 2.75) is 78.2 Å². The van der Waals surface area contributed by atoms with E-state index in [1.54, 1.807) is 0 Å². The number of fused-ring (bicyclic) bond motifs is 3. The van der Waals surface area contributed by atoms with Crippen LogP contribution in [-0.4, -0.2) is 12.4 Å². The van der Waals surface area contributed by atoms with E-state index < -0.39 is 0 Å². The second kappa shape index (κ2) is 10.7. The van der Waals surface area contributed by atoms with Crippen LogP contribution in [-0.2, 0) is 16.1 Å². The van der Waals surface area contributed by atoms with E-state index in [1.165, 1.54) is 40.7 Å². The van der Waals surface area contributed by atoms with Gasteiger partial charge in [0.05, 0.1) is 12.5 Å². The molecule has 0 bridgehead atoms. The Bertz CT molecular complexity index is 806. The molecular formula is C27H36O2. The van der Waals surface area contributed by atoms with Gasteiger partial charge >= 0.3 is 0 Å². The number of ether oxygens (including phenoxy) is 1. The van der Waals surface area contributed by atoms with Crippen LogP contribution < -0.4 is 0 Å². The van der Waals surface area contributed by atoms with Gasteiger partial charge in [0.2, 0.25) is 0 Å². The van der Waals surface area contributed by atoms with Crippen LogP contribution in [0.4, 0.5) is 0 Å². The average Bonchev–Trinajstić information content (AvgIpc) is 3.06. The summed E-state index contributed by atoms with van der Waals surface area (Å²) in [5.41, 5.74) is 5.98. The smallest absolute Gasteiger partial charge is 0.144 e. The number of unbranched alkanes of at least 4 members (excludes halogenated alkanes) is 3. The number of carbonyl (C=O) groups is 1. The maximum absolute atomic E-state index is 13.4. The highest BCUT2D eigenvalue weighted by Crippen LogP contribution is 2.47. The number of hydrogen-bond acceptors (Lipinski definition) is 2. The van der Waals surface area contributed by atoms with Crippen LogP contribution >= 0.6 is 0 Å². The van der Waals surface area contributed by atoms with Gasteiger partial charge < -0.3 is 4.74 Å². The third kappa shape index (κ3) is 5.36. The Labute approximate surface area is 176 Å². The lowest BCUT2D eigenvalue weighted by Gasteiger charge is -2.17. The summed E-state index contributed by atoms with van der Waals surface area (Å²) in [4.78, 5) is 13.4. The highest BCUT2D eigenvalue weighted by atomic mass is 16.5. The van der Waals surface area contributed by atoms with E-state index in [0.29, 0.717) is 18.8 Å². The largest absolute Gasteiger partial charge is 0.377 e. The molecule has 1 unspecified atom stereocenters. The molecule has 2 aromatic carbocycles. The summed E-state index contributed by atoms with van der Waals surface area (Å²) in [6, 6.07) is 14.8. The molecule has 2 nitrogen and oxygen atoms in total. The van der Waals surface area contributed by atoms with E-state index in [-0.39, 0.29) is 5.92 Å². The molecule has 1 aliphatic rings. The molecule has 2 heteroatoms. The minimum Gasteiger partial charge on any atom is -0.377 e. The third-order valence-corrected chi connectivity index (χ3v) is 5.97. The fourth-order valence-electron chi connectivity index (χ4n) is 4.40. The van der Waals surface area contributed by atoms with Crippen molar-refractivity contribution in [3.63, 3.8) is 0 Å². The topological polar surface area (TPSA) is 26.3 Å². The molecule has 0 aromatic heterocycles. The van der Waals surface area contributed by atoms with Crippen molar-refractivity contribution in [3.8, 4) is 11.1 Å². The Balaban J connectivity index is 1.77. The molecule has 0 aliphatic heterocycles. The van der Waals surface area contributed by atoms with Gasteiger partial charge in [-0.1, -0.05) is 88.9 Å². The van der Waals surface area contributed by atoms with Gasteiger partial charge in [-0.25, -0.2) is 0 Å². The first-order valence-electron chi connectivity index (χ1n) is 11.4. The minimum absolute atomic E-state index is 0.128. The van der Waals surface area contributed by atoms with E-state index >= 15 is 0 Å². The fourth-order valence-corrected chi connectivity index (χ4v) is 4.40. The van der Waals surface area contributed by atoms with Crippen LogP contribution in [0, 0.1) is 5.92 Å². The summed E-state index contributed by atoms with van der Waals surface area (Å²) >= 11 is 0. The molecule has 0 fully saturated rings. The van der Waals surface area contributed by atoms with Gasteiger partial charge in [-0.15, -0.1) is 0 Å². The first kappa shape index (κ1) is 21.8. The SMILES string of the molecule is CCCCOCc1cccc2c1C(C(=O)CCCCCC(C)C)c1ccccc1-2. The van der Waals surface area contributed by atoms with Crippen LogP contribution in [0.3, 0.4) is 0 Å². The van der Waals surface area contributed by atoms with Gasteiger partial charge in [-0.05, 0) is 46.6 Å². The summed E-state index contributed by atoms with van der Waals surface area (Å²) in [5, 5.41) is 0. The number of hydrogen-bond donors (Lipinski definition) is 0. The quantitative estimate of drug-likeness (QED) is 0.354. The van der Waals surface area contributed by atoms with E-state index in [0.717, 1.165) is 38.2 Å². The van der Waals surface area contributed by atoms with Crippen molar-refractivity contribution in [1.29, 1.82) is 0 Å². The average molecular weight is 393 g/mol. The van der Waals surface area contributed by atoms with Gasteiger partial charge in [-0.3, -0.25) is 4.79 Å². The molecular weight excluding hydrogens is 356 g/mol. The van der Waals surface area contributed by atoms with Crippen molar-refractivity contribution in [2.24, 2.45) is 5.92 Å². The first-order chi connectivity index (χ1) is 14.1. The van der Waals surface area contributed by atoms with Crippen molar-refractivity contribution in [2.75, 3.05) is 6.61 Å². The van der Waals surface area contributed by atoms with Crippen molar-refractivity contribution >= 4 is 5.78 Å². The van der Waals surface area contributed by atoms with Gasteiger partial charge in [0.1, 0.15) is 5.78 Å². The zero-order chi connectivity index (χ0) is 20.6. The molecule has 0 spiro atoms. The molecule has 2 aromatic rings. The summed E-state index contributed by atoms with van der Waals surface area (Å²) in [7, 11) is 0. The van der Waals surface area contributed by atoms with Crippen LogP contribution in [0.1, 0.15) is 88.3 Å². The highest BCUT2D eigenvalue weighted by molar-refractivity contribution is 5.98. The van der Waals surface area contributed by atoms with Crippen molar-refractivity contribution < 1.29 is 9.53 Å². The normalized spacial score (nSPS) is 14.8. The van der Waals surface area contributed by atoms with Gasteiger partial charge in [0.15, 0.2) is 0 Å². The molecule has 0 amide bonds. The maximum atomic E-state index is 13.4. The lowest BCUT2D eigenvalue weighted by atomic mass is 9.87. The minimum atomic E-state index is -0.128. The molecule has 3 rings (SSSR count). The molecule has 1 aliphatic carbocycles. The van der Waals surface area contributed by atoms with Crippen LogP contribution in [0.15, 0.2) is 42.5 Å². The van der Waals surface area contributed by atoms with Crippen LogP contribution in [0.2, 0.25) is 0 Å². The summed E-state index contributed by atoms with van der Waals surface area (Å²) in [6.07, 6.45) is 7.50. The number of Topliss-reactive ketones (excluding diaryl/α,β-unsaturated/α-hetero) is 1. The second-order valence-electron chi connectivity index (χ2n) is 8.76. The number of rotatable bonds is 12. The molecule has 0 heterocycles. The predicted octanol–water partition coefficient (Wildman–Crippen LogP) is 7.29. The zero-order valence-corrected chi connectivity index (χ0v) is 18.4. The van der Waals surface area contributed by atoms with E-state index in [9.17, 15) is 4.79 Å². The Kier molecular flexibility index (Phi) is 8.06. The Morgan fingerprint density at radius 3 is 2.55 bits per heavy atom. The number of benzene rings is 2. The van der Waals surface area contributed by atoms with Gasteiger partial charge in [0, 0.05) is 13.0 Å². The van der Waals surface area contributed by atoms with Gasteiger partial charge in [-0.2, -0.15) is 0 Å². The summed E-state index contributed by atoms with van der Waals surface area (Å²) in [5.74, 6) is 0.980.